The maximum Gasteiger partial charge on any atom is 0.335 e. The number of aryl methyl sites for hydroxylation is 1. The maximum atomic E-state index is 12.4. The van der Waals surface area contributed by atoms with E-state index in [-0.39, 0.29) is 17.6 Å². The molecule has 0 amide bonds. The monoisotopic (exact) mass is 310 g/mol. The molecule has 0 saturated heterocycles. The summed E-state index contributed by atoms with van der Waals surface area (Å²) in [6, 6.07) is 13.6. The van der Waals surface area contributed by atoms with Gasteiger partial charge in [0.25, 0.3) is 5.56 Å². The van der Waals surface area contributed by atoms with Gasteiger partial charge in [0.05, 0.1) is 16.5 Å². The summed E-state index contributed by atoms with van der Waals surface area (Å²) in [7, 11) is 0. The highest BCUT2D eigenvalue weighted by Crippen LogP contribution is 2.09. The normalized spacial score (nSPS) is 10.8. The first-order valence-electron chi connectivity index (χ1n) is 7.10. The Morgan fingerprint density at radius 2 is 1.83 bits per heavy atom. The van der Waals surface area contributed by atoms with Crippen LogP contribution < -0.4 is 11.2 Å². The number of nitrogens with one attached hydrogen (secondary N) is 1. The van der Waals surface area contributed by atoms with Gasteiger partial charge in [0.2, 0.25) is 0 Å². The lowest BCUT2D eigenvalue weighted by molar-refractivity contribution is 0.0697. The topological polar surface area (TPSA) is 92.2 Å². The van der Waals surface area contributed by atoms with E-state index in [4.69, 9.17) is 5.11 Å². The van der Waals surface area contributed by atoms with Crippen LogP contribution in [0, 0.1) is 0 Å². The molecule has 0 unspecified atom stereocenters. The minimum absolute atomic E-state index is 0.0228. The number of fused-ring (bicyclic) bond motifs is 1. The molecule has 1 heterocycles. The van der Waals surface area contributed by atoms with Crippen molar-refractivity contribution in [1.29, 1.82) is 0 Å². The largest absolute Gasteiger partial charge is 0.478 e. The third-order valence-corrected chi connectivity index (χ3v) is 3.70. The molecule has 3 rings (SSSR count). The summed E-state index contributed by atoms with van der Waals surface area (Å²) in [5.41, 5.74) is 0.322. The Hall–Kier alpha value is -3.15. The van der Waals surface area contributed by atoms with Crippen molar-refractivity contribution in [3.63, 3.8) is 0 Å². The third kappa shape index (κ3) is 2.91. The minimum Gasteiger partial charge on any atom is -0.478 e. The molecule has 0 radical (unpaired) electrons. The molecule has 6 heteroatoms. The Labute approximate surface area is 130 Å². The van der Waals surface area contributed by atoms with Crippen molar-refractivity contribution in [1.82, 2.24) is 9.55 Å². The standard InChI is InChI=1S/C17H14N2O4/c20-15-13-7-6-12(16(21)22)10-14(13)18-17(23)19(15)9-8-11-4-2-1-3-5-11/h1-7,10H,8-9H2,(H,18,23)(H,21,22). The minimum atomic E-state index is -1.11. The van der Waals surface area contributed by atoms with Gasteiger partial charge in [-0.1, -0.05) is 30.3 Å². The first-order chi connectivity index (χ1) is 11.1. The number of aromatic nitrogens is 2. The van der Waals surface area contributed by atoms with Crippen molar-refractivity contribution in [2.75, 3.05) is 0 Å². The van der Waals surface area contributed by atoms with Gasteiger partial charge in [-0.2, -0.15) is 0 Å². The molecule has 2 N–H and O–H groups in total. The second-order valence-corrected chi connectivity index (χ2v) is 5.19. The van der Waals surface area contributed by atoms with Crippen molar-refractivity contribution >= 4 is 16.9 Å². The Bertz CT molecular complexity index is 987. The van der Waals surface area contributed by atoms with Crippen LogP contribution in [0.1, 0.15) is 15.9 Å². The number of carboxylic acids is 1. The van der Waals surface area contributed by atoms with Crippen molar-refractivity contribution in [3.05, 3.63) is 80.5 Å². The number of aromatic amines is 1. The number of benzene rings is 2. The van der Waals surface area contributed by atoms with Crippen LogP contribution in [-0.4, -0.2) is 20.6 Å². The molecule has 6 nitrogen and oxygen atoms in total. The zero-order chi connectivity index (χ0) is 16.4. The van der Waals surface area contributed by atoms with Crippen molar-refractivity contribution < 1.29 is 9.90 Å². The molecule has 116 valence electrons. The molecule has 0 fully saturated rings. The van der Waals surface area contributed by atoms with Crippen LogP contribution in [0.4, 0.5) is 0 Å². The third-order valence-electron chi connectivity index (χ3n) is 3.70. The number of carboxylic acid groups (broad SMARTS) is 1. The van der Waals surface area contributed by atoms with Gasteiger partial charge in [0.15, 0.2) is 0 Å². The van der Waals surface area contributed by atoms with Crippen LogP contribution in [-0.2, 0) is 13.0 Å². The van der Waals surface area contributed by atoms with Crippen molar-refractivity contribution in [2.24, 2.45) is 0 Å². The Kier molecular flexibility index (Phi) is 3.80. The highest BCUT2D eigenvalue weighted by Gasteiger charge is 2.10. The van der Waals surface area contributed by atoms with Crippen LogP contribution in [0.15, 0.2) is 58.1 Å². The van der Waals surface area contributed by atoms with Gasteiger partial charge in [-0.25, -0.2) is 9.59 Å². The van der Waals surface area contributed by atoms with Gasteiger partial charge >= 0.3 is 11.7 Å². The number of hydrogen-bond acceptors (Lipinski definition) is 3. The summed E-state index contributed by atoms with van der Waals surface area (Å²) in [5, 5.41) is 9.27. The number of hydrogen-bond donors (Lipinski definition) is 2. The number of H-pyrrole nitrogens is 1. The summed E-state index contributed by atoms with van der Waals surface area (Å²) >= 11 is 0. The van der Waals surface area contributed by atoms with Gasteiger partial charge in [-0.05, 0) is 30.2 Å². The first kappa shape index (κ1) is 14.8. The van der Waals surface area contributed by atoms with Crippen LogP contribution in [0.25, 0.3) is 10.9 Å². The summed E-state index contributed by atoms with van der Waals surface area (Å²) in [6.07, 6.45) is 0.558. The number of carbonyl (C=O) groups is 1. The molecule has 0 atom stereocenters. The van der Waals surface area contributed by atoms with E-state index in [1.807, 2.05) is 30.3 Å². The maximum absolute atomic E-state index is 12.4. The van der Waals surface area contributed by atoms with Crippen LogP contribution in [0.3, 0.4) is 0 Å². The van der Waals surface area contributed by atoms with E-state index < -0.39 is 17.2 Å². The van der Waals surface area contributed by atoms with Gasteiger partial charge in [0.1, 0.15) is 0 Å². The molecule has 0 aliphatic heterocycles. The highest BCUT2D eigenvalue weighted by atomic mass is 16.4. The molecule has 0 saturated carbocycles. The van der Waals surface area contributed by atoms with Crippen LogP contribution >= 0.6 is 0 Å². The lowest BCUT2D eigenvalue weighted by Gasteiger charge is -2.07. The van der Waals surface area contributed by atoms with E-state index in [0.717, 1.165) is 10.1 Å². The summed E-state index contributed by atoms with van der Waals surface area (Å²) in [4.78, 5) is 38.1. The van der Waals surface area contributed by atoms with E-state index in [9.17, 15) is 14.4 Å². The summed E-state index contributed by atoms with van der Waals surface area (Å²) in [6.45, 7) is 0.259. The zero-order valence-corrected chi connectivity index (χ0v) is 12.2. The predicted octanol–water partition coefficient (Wildman–Crippen LogP) is 1.63. The Morgan fingerprint density at radius 1 is 1.09 bits per heavy atom. The van der Waals surface area contributed by atoms with Crippen molar-refractivity contribution in [3.8, 4) is 0 Å². The molecular weight excluding hydrogens is 296 g/mol. The van der Waals surface area contributed by atoms with Gasteiger partial charge < -0.3 is 10.1 Å². The van der Waals surface area contributed by atoms with Gasteiger partial charge in [-0.3, -0.25) is 9.36 Å². The SMILES string of the molecule is O=C(O)c1ccc2c(=O)n(CCc3ccccc3)c(=O)[nH]c2c1. The lowest BCUT2D eigenvalue weighted by atomic mass is 10.1. The molecule has 1 aromatic heterocycles. The van der Waals surface area contributed by atoms with Crippen LogP contribution in [0.2, 0.25) is 0 Å². The second kappa shape index (κ2) is 5.92. The Balaban J connectivity index is 2.01. The molecule has 0 aliphatic rings. The lowest BCUT2D eigenvalue weighted by Crippen LogP contribution is -2.35. The molecule has 0 aliphatic carbocycles. The molecule has 2 aromatic carbocycles. The smallest absolute Gasteiger partial charge is 0.335 e. The van der Waals surface area contributed by atoms with E-state index >= 15 is 0 Å². The predicted molar refractivity (Wildman–Crippen MR) is 85.9 cm³/mol. The van der Waals surface area contributed by atoms with Crippen LogP contribution in [0.5, 0.6) is 0 Å². The number of nitrogens with zero attached hydrogens (tertiary/aromatic N) is 1. The Morgan fingerprint density at radius 3 is 2.52 bits per heavy atom. The van der Waals surface area contributed by atoms with Crippen molar-refractivity contribution in [2.45, 2.75) is 13.0 Å². The van der Waals surface area contributed by atoms with E-state index in [1.54, 1.807) is 0 Å². The fraction of sp³-hybridized carbons (Fsp3) is 0.118. The summed E-state index contributed by atoms with van der Waals surface area (Å²) in [5.74, 6) is -1.11. The average Bonchev–Trinajstić information content (AvgIpc) is 2.55. The molecule has 3 aromatic rings. The quantitative estimate of drug-likeness (QED) is 0.766. The number of rotatable bonds is 4. The fourth-order valence-corrected chi connectivity index (χ4v) is 2.48. The fourth-order valence-electron chi connectivity index (χ4n) is 2.48. The first-order valence-corrected chi connectivity index (χ1v) is 7.10. The highest BCUT2D eigenvalue weighted by molar-refractivity contribution is 5.92. The van der Waals surface area contributed by atoms with E-state index in [1.165, 1.54) is 18.2 Å². The van der Waals surface area contributed by atoms with Gasteiger partial charge in [-0.15, -0.1) is 0 Å². The summed E-state index contributed by atoms with van der Waals surface area (Å²) < 4.78 is 1.13. The second-order valence-electron chi connectivity index (χ2n) is 5.19. The van der Waals surface area contributed by atoms with Gasteiger partial charge in [0, 0.05) is 6.54 Å². The average molecular weight is 310 g/mol. The molecule has 0 bridgehead atoms. The number of aromatic carboxylic acids is 1. The molecular formula is C17H14N2O4. The zero-order valence-electron chi connectivity index (χ0n) is 12.2. The van der Waals surface area contributed by atoms with E-state index in [0.29, 0.717) is 11.8 Å². The van der Waals surface area contributed by atoms with E-state index in [2.05, 4.69) is 4.98 Å². The molecule has 0 spiro atoms. The molecule has 23 heavy (non-hydrogen) atoms.